The fraction of sp³-hybridized carbons (Fsp3) is 0.588. The number of nitrogens with one attached hydrogen (secondary N) is 1. The van der Waals surface area contributed by atoms with Gasteiger partial charge < -0.3 is 10.2 Å². The van der Waals surface area contributed by atoms with E-state index < -0.39 is 0 Å². The molecule has 1 saturated heterocycles. The van der Waals surface area contributed by atoms with E-state index in [-0.39, 0.29) is 0 Å². The highest BCUT2D eigenvalue weighted by atomic mass is 16.2. The van der Waals surface area contributed by atoms with Crippen LogP contribution in [0.4, 0.5) is 0 Å². The van der Waals surface area contributed by atoms with Gasteiger partial charge in [0, 0.05) is 32.6 Å². The van der Waals surface area contributed by atoms with Crippen molar-refractivity contribution in [2.24, 2.45) is 0 Å². The van der Waals surface area contributed by atoms with E-state index >= 15 is 0 Å². The second-order valence-corrected chi connectivity index (χ2v) is 5.67. The summed E-state index contributed by atoms with van der Waals surface area (Å²) in [5, 5.41) is 3.28. The summed E-state index contributed by atoms with van der Waals surface area (Å²) >= 11 is 0. The molecule has 1 unspecified atom stereocenters. The van der Waals surface area contributed by atoms with Gasteiger partial charge in [0.1, 0.15) is 0 Å². The average Bonchev–Trinajstić information content (AvgIpc) is 2.53. The van der Waals surface area contributed by atoms with Gasteiger partial charge in [-0.1, -0.05) is 38.1 Å². The van der Waals surface area contributed by atoms with Crippen LogP contribution in [0.1, 0.15) is 43.7 Å². The second kappa shape index (κ2) is 7.44. The van der Waals surface area contributed by atoms with Gasteiger partial charge >= 0.3 is 0 Å². The van der Waals surface area contributed by atoms with Crippen molar-refractivity contribution in [3.05, 3.63) is 35.4 Å². The first-order chi connectivity index (χ1) is 9.70. The Balaban J connectivity index is 1.81. The normalized spacial score (nSPS) is 17.0. The van der Waals surface area contributed by atoms with E-state index in [1.807, 2.05) is 4.90 Å². The summed E-state index contributed by atoms with van der Waals surface area (Å²) in [6, 6.07) is 8.81. The molecule has 1 heterocycles. The van der Waals surface area contributed by atoms with Crippen molar-refractivity contribution in [2.75, 3.05) is 26.2 Å². The molecule has 1 aliphatic heterocycles. The number of benzene rings is 1. The van der Waals surface area contributed by atoms with E-state index in [1.54, 1.807) is 0 Å². The number of carbonyl (C=O) groups excluding carboxylic acids is 1. The molecule has 20 heavy (non-hydrogen) atoms. The summed E-state index contributed by atoms with van der Waals surface area (Å²) in [6.45, 7) is 7.97. The molecular weight excluding hydrogens is 248 g/mol. The molecule has 0 saturated carbocycles. The van der Waals surface area contributed by atoms with Crippen LogP contribution >= 0.6 is 0 Å². The van der Waals surface area contributed by atoms with Crippen LogP contribution in [0.3, 0.4) is 0 Å². The van der Waals surface area contributed by atoms with Crippen LogP contribution in [0, 0.1) is 0 Å². The van der Waals surface area contributed by atoms with Crippen molar-refractivity contribution in [1.29, 1.82) is 0 Å². The van der Waals surface area contributed by atoms with Crippen molar-refractivity contribution < 1.29 is 4.79 Å². The number of piperazine rings is 1. The third kappa shape index (κ3) is 4.07. The van der Waals surface area contributed by atoms with Gasteiger partial charge in [-0.15, -0.1) is 0 Å². The molecule has 1 amide bonds. The van der Waals surface area contributed by atoms with Crippen LogP contribution in [-0.2, 0) is 11.2 Å². The molecule has 3 heteroatoms. The van der Waals surface area contributed by atoms with Crippen molar-refractivity contribution in [3.63, 3.8) is 0 Å². The maximum Gasteiger partial charge on any atom is 0.222 e. The summed E-state index contributed by atoms with van der Waals surface area (Å²) in [6.07, 6.45) is 2.68. The molecule has 0 aliphatic carbocycles. The number of rotatable bonds is 5. The molecule has 0 bridgehead atoms. The molecule has 1 aliphatic rings. The highest BCUT2D eigenvalue weighted by Crippen LogP contribution is 2.21. The zero-order valence-electron chi connectivity index (χ0n) is 12.7. The minimum absolute atomic E-state index is 0.309. The smallest absolute Gasteiger partial charge is 0.222 e. The highest BCUT2D eigenvalue weighted by Gasteiger charge is 2.17. The van der Waals surface area contributed by atoms with Gasteiger partial charge in [0.25, 0.3) is 0 Å². The summed E-state index contributed by atoms with van der Waals surface area (Å²) in [5.41, 5.74) is 2.72. The minimum Gasteiger partial charge on any atom is -0.340 e. The molecular formula is C17H26N2O. The third-order valence-corrected chi connectivity index (χ3v) is 4.22. The average molecular weight is 274 g/mol. The lowest BCUT2D eigenvalue weighted by molar-refractivity contribution is -0.131. The molecule has 0 radical (unpaired) electrons. The van der Waals surface area contributed by atoms with Crippen LogP contribution in [0.25, 0.3) is 0 Å². The highest BCUT2D eigenvalue weighted by molar-refractivity contribution is 5.76. The zero-order valence-corrected chi connectivity index (χ0v) is 12.7. The third-order valence-electron chi connectivity index (χ3n) is 4.22. The van der Waals surface area contributed by atoms with E-state index in [2.05, 4.69) is 43.4 Å². The van der Waals surface area contributed by atoms with Crippen LogP contribution in [-0.4, -0.2) is 37.0 Å². The fourth-order valence-electron chi connectivity index (χ4n) is 2.66. The monoisotopic (exact) mass is 274 g/mol. The minimum atomic E-state index is 0.309. The number of hydrogen-bond acceptors (Lipinski definition) is 2. The van der Waals surface area contributed by atoms with Gasteiger partial charge in [-0.2, -0.15) is 0 Å². The summed E-state index contributed by atoms with van der Waals surface area (Å²) in [5.74, 6) is 0.760. The number of nitrogens with zero attached hydrogens (tertiary/aromatic N) is 1. The lowest BCUT2D eigenvalue weighted by Gasteiger charge is -2.27. The standard InChI is InChI=1S/C17H26N2O/c1-3-15-5-7-16(8-6-15)14(2)4-9-17(20)19-12-10-18-11-13-19/h5-8,14,18H,3-4,9-13H2,1-2H3. The van der Waals surface area contributed by atoms with E-state index in [1.165, 1.54) is 11.1 Å². The molecule has 3 nitrogen and oxygen atoms in total. The Hall–Kier alpha value is -1.35. The summed E-state index contributed by atoms with van der Waals surface area (Å²) in [4.78, 5) is 14.1. The first-order valence-corrected chi connectivity index (χ1v) is 7.78. The van der Waals surface area contributed by atoms with Crippen molar-refractivity contribution >= 4 is 5.91 Å². The largest absolute Gasteiger partial charge is 0.340 e. The van der Waals surface area contributed by atoms with Crippen molar-refractivity contribution in [3.8, 4) is 0 Å². The lowest BCUT2D eigenvalue weighted by Crippen LogP contribution is -2.46. The summed E-state index contributed by atoms with van der Waals surface area (Å²) < 4.78 is 0. The maximum atomic E-state index is 12.1. The van der Waals surface area contributed by atoms with Gasteiger partial charge in [-0.05, 0) is 29.9 Å². The van der Waals surface area contributed by atoms with Gasteiger partial charge in [0.05, 0.1) is 0 Å². The summed E-state index contributed by atoms with van der Waals surface area (Å²) in [7, 11) is 0. The molecule has 0 aromatic heterocycles. The van der Waals surface area contributed by atoms with Gasteiger partial charge in [-0.3, -0.25) is 4.79 Å². The van der Waals surface area contributed by atoms with Crippen LogP contribution in [0.5, 0.6) is 0 Å². The lowest BCUT2D eigenvalue weighted by atomic mass is 9.94. The molecule has 1 aromatic rings. The predicted octanol–water partition coefficient (Wildman–Crippen LogP) is 2.56. The Morgan fingerprint density at radius 3 is 2.50 bits per heavy atom. The Morgan fingerprint density at radius 2 is 1.90 bits per heavy atom. The van der Waals surface area contributed by atoms with E-state index in [0.717, 1.165) is 39.0 Å². The fourth-order valence-corrected chi connectivity index (χ4v) is 2.66. The van der Waals surface area contributed by atoms with Crippen molar-refractivity contribution in [2.45, 2.75) is 39.0 Å². The first-order valence-electron chi connectivity index (χ1n) is 7.78. The molecule has 1 N–H and O–H groups in total. The Kier molecular flexibility index (Phi) is 5.60. The Bertz CT molecular complexity index is 421. The van der Waals surface area contributed by atoms with Crippen LogP contribution < -0.4 is 5.32 Å². The Labute approximate surface area is 122 Å². The second-order valence-electron chi connectivity index (χ2n) is 5.67. The van der Waals surface area contributed by atoms with Gasteiger partial charge in [0.2, 0.25) is 5.91 Å². The molecule has 2 rings (SSSR count). The van der Waals surface area contributed by atoms with Crippen LogP contribution in [0.2, 0.25) is 0 Å². The van der Waals surface area contributed by atoms with E-state index in [9.17, 15) is 4.79 Å². The number of aryl methyl sites for hydroxylation is 1. The van der Waals surface area contributed by atoms with Gasteiger partial charge in [-0.25, -0.2) is 0 Å². The Morgan fingerprint density at radius 1 is 1.25 bits per heavy atom. The molecule has 1 aromatic carbocycles. The predicted molar refractivity (Wildman–Crippen MR) is 82.9 cm³/mol. The molecule has 0 spiro atoms. The SMILES string of the molecule is CCc1ccc(C(C)CCC(=O)N2CCNCC2)cc1. The zero-order chi connectivity index (χ0) is 14.4. The van der Waals surface area contributed by atoms with Crippen molar-refractivity contribution in [1.82, 2.24) is 10.2 Å². The van der Waals surface area contributed by atoms with E-state index in [0.29, 0.717) is 18.2 Å². The number of carbonyl (C=O) groups is 1. The first kappa shape index (κ1) is 15.0. The number of hydrogen-bond donors (Lipinski definition) is 1. The molecule has 110 valence electrons. The molecule has 1 atom stereocenters. The quantitative estimate of drug-likeness (QED) is 0.895. The van der Waals surface area contributed by atoms with Gasteiger partial charge in [0.15, 0.2) is 0 Å². The topological polar surface area (TPSA) is 32.3 Å². The van der Waals surface area contributed by atoms with Crippen LogP contribution in [0.15, 0.2) is 24.3 Å². The number of amides is 1. The van der Waals surface area contributed by atoms with E-state index in [4.69, 9.17) is 0 Å². The maximum absolute atomic E-state index is 12.1. The molecule has 1 fully saturated rings.